The summed E-state index contributed by atoms with van der Waals surface area (Å²) in [6.45, 7) is 4.38. The van der Waals surface area contributed by atoms with E-state index in [-0.39, 0.29) is 18.7 Å². The second-order valence-electron chi connectivity index (χ2n) is 7.94. The van der Waals surface area contributed by atoms with Gasteiger partial charge in [0.25, 0.3) is 5.91 Å². The van der Waals surface area contributed by atoms with E-state index in [1.165, 1.54) is 11.1 Å². The predicted octanol–water partition coefficient (Wildman–Crippen LogP) is 3.57. The van der Waals surface area contributed by atoms with E-state index < -0.39 is 0 Å². The number of piperidine rings is 1. The number of likely N-dealkylation sites (N-methyl/N-ethyl adjacent to an activating group) is 1. The van der Waals surface area contributed by atoms with Crippen LogP contribution in [0.2, 0.25) is 0 Å². The minimum absolute atomic E-state index is 0.0415. The Morgan fingerprint density at radius 1 is 1.14 bits per heavy atom. The third-order valence-corrected chi connectivity index (χ3v) is 6.01. The van der Waals surface area contributed by atoms with Crippen LogP contribution in [0.15, 0.2) is 42.5 Å². The van der Waals surface area contributed by atoms with Crippen molar-refractivity contribution in [2.45, 2.75) is 25.3 Å². The quantitative estimate of drug-likeness (QED) is 0.752. The number of likely N-dealkylation sites (tertiary alicyclic amines) is 1. The number of anilines is 1. The molecule has 5 nitrogen and oxygen atoms in total. The third kappa shape index (κ3) is 2.87. The zero-order valence-corrected chi connectivity index (χ0v) is 16.2. The van der Waals surface area contributed by atoms with E-state index in [9.17, 15) is 4.79 Å². The van der Waals surface area contributed by atoms with Crippen molar-refractivity contribution in [2.24, 2.45) is 0 Å². The summed E-state index contributed by atoms with van der Waals surface area (Å²) in [5.41, 5.74) is 4.55. The molecule has 0 bridgehead atoms. The maximum Gasteiger partial charge on any atom is 0.251 e. The molecular formula is C23H24N2O3. The zero-order chi connectivity index (χ0) is 19.3. The van der Waals surface area contributed by atoms with Crippen molar-refractivity contribution in [3.63, 3.8) is 0 Å². The van der Waals surface area contributed by atoms with Gasteiger partial charge in [-0.15, -0.1) is 0 Å². The van der Waals surface area contributed by atoms with Gasteiger partial charge in [0, 0.05) is 30.3 Å². The molecule has 2 atom stereocenters. The summed E-state index contributed by atoms with van der Waals surface area (Å²) >= 11 is 0. The zero-order valence-electron chi connectivity index (χ0n) is 16.2. The van der Waals surface area contributed by atoms with Gasteiger partial charge in [-0.1, -0.05) is 23.8 Å². The van der Waals surface area contributed by atoms with Crippen LogP contribution in [-0.4, -0.2) is 43.8 Å². The molecule has 144 valence electrons. The number of benzene rings is 2. The van der Waals surface area contributed by atoms with E-state index in [2.05, 4.69) is 37.1 Å². The fourth-order valence-electron chi connectivity index (χ4n) is 4.63. The largest absolute Gasteiger partial charge is 0.454 e. The van der Waals surface area contributed by atoms with Gasteiger partial charge in [-0.25, -0.2) is 0 Å². The molecule has 2 aromatic carbocycles. The number of ether oxygens (including phenoxy) is 2. The highest BCUT2D eigenvalue weighted by Crippen LogP contribution is 2.45. The van der Waals surface area contributed by atoms with E-state index in [1.807, 2.05) is 29.2 Å². The highest BCUT2D eigenvalue weighted by atomic mass is 16.7. The van der Waals surface area contributed by atoms with Gasteiger partial charge in [0.15, 0.2) is 11.5 Å². The Labute approximate surface area is 165 Å². The van der Waals surface area contributed by atoms with Crippen LogP contribution in [0.4, 0.5) is 5.69 Å². The van der Waals surface area contributed by atoms with E-state index in [0.29, 0.717) is 5.92 Å². The lowest BCUT2D eigenvalue weighted by Crippen LogP contribution is -2.46. The second-order valence-corrected chi connectivity index (χ2v) is 7.94. The first kappa shape index (κ1) is 17.3. The van der Waals surface area contributed by atoms with Crippen molar-refractivity contribution < 1.29 is 14.3 Å². The maximum absolute atomic E-state index is 13.2. The minimum Gasteiger partial charge on any atom is -0.454 e. The van der Waals surface area contributed by atoms with Gasteiger partial charge >= 0.3 is 0 Å². The number of aryl methyl sites for hydroxylation is 1. The first-order chi connectivity index (χ1) is 13.6. The van der Waals surface area contributed by atoms with E-state index in [1.54, 1.807) is 6.08 Å². The molecule has 0 unspecified atom stereocenters. The van der Waals surface area contributed by atoms with Crippen molar-refractivity contribution in [3.8, 4) is 11.5 Å². The van der Waals surface area contributed by atoms with Crippen molar-refractivity contribution in [1.82, 2.24) is 4.90 Å². The lowest BCUT2D eigenvalue weighted by atomic mass is 9.89. The number of rotatable bonds is 2. The summed E-state index contributed by atoms with van der Waals surface area (Å²) in [5.74, 6) is 1.91. The highest BCUT2D eigenvalue weighted by Gasteiger charge is 2.43. The molecule has 1 saturated heterocycles. The highest BCUT2D eigenvalue weighted by molar-refractivity contribution is 6.06. The Bertz CT molecular complexity index is 968. The number of fused-ring (bicyclic) bond motifs is 4. The average molecular weight is 376 g/mol. The molecule has 0 N–H and O–H groups in total. The fraction of sp³-hybridized carbons (Fsp3) is 0.348. The number of nitrogens with zero attached hydrogens (tertiary/aromatic N) is 2. The van der Waals surface area contributed by atoms with Gasteiger partial charge in [-0.05, 0) is 62.3 Å². The summed E-state index contributed by atoms with van der Waals surface area (Å²) in [7, 11) is 2.16. The molecule has 2 aromatic rings. The number of carbonyl (C=O) groups excluding carboxylic acids is 1. The third-order valence-electron chi connectivity index (χ3n) is 6.01. The Morgan fingerprint density at radius 2 is 2.00 bits per heavy atom. The van der Waals surface area contributed by atoms with Crippen LogP contribution < -0.4 is 14.4 Å². The average Bonchev–Trinajstić information content (AvgIpc) is 3.27. The van der Waals surface area contributed by atoms with Gasteiger partial charge in [-0.3, -0.25) is 4.79 Å². The monoisotopic (exact) mass is 376 g/mol. The van der Waals surface area contributed by atoms with Crippen molar-refractivity contribution in [3.05, 3.63) is 59.2 Å². The van der Waals surface area contributed by atoms with E-state index >= 15 is 0 Å². The molecule has 0 aliphatic carbocycles. The van der Waals surface area contributed by atoms with Gasteiger partial charge < -0.3 is 19.3 Å². The normalized spacial score (nSPS) is 23.1. The number of carbonyl (C=O) groups is 1. The molecule has 0 spiro atoms. The molecule has 1 amide bonds. The van der Waals surface area contributed by atoms with Crippen LogP contribution in [0.3, 0.4) is 0 Å². The molecule has 3 heterocycles. The van der Waals surface area contributed by atoms with Crippen molar-refractivity contribution >= 4 is 17.7 Å². The van der Waals surface area contributed by atoms with Crippen molar-refractivity contribution in [2.75, 3.05) is 31.8 Å². The van der Waals surface area contributed by atoms with Crippen LogP contribution >= 0.6 is 0 Å². The molecule has 0 aromatic heterocycles. The van der Waals surface area contributed by atoms with Gasteiger partial charge in [0.2, 0.25) is 6.79 Å². The van der Waals surface area contributed by atoms with Gasteiger partial charge in [0.05, 0.1) is 0 Å². The molecule has 3 aliphatic rings. The summed E-state index contributed by atoms with van der Waals surface area (Å²) in [5, 5.41) is 0. The molecule has 5 rings (SSSR count). The molecule has 5 heteroatoms. The first-order valence-electron chi connectivity index (χ1n) is 9.80. The summed E-state index contributed by atoms with van der Waals surface area (Å²) in [6.07, 6.45) is 4.54. The van der Waals surface area contributed by atoms with Crippen molar-refractivity contribution in [1.29, 1.82) is 0 Å². The first-order valence-corrected chi connectivity index (χ1v) is 9.80. The summed E-state index contributed by atoms with van der Waals surface area (Å²) in [4.78, 5) is 17.6. The van der Waals surface area contributed by atoms with E-state index in [4.69, 9.17) is 9.47 Å². The Kier molecular flexibility index (Phi) is 4.13. The Morgan fingerprint density at radius 3 is 2.89 bits per heavy atom. The standard InChI is InChI=1S/C23H24N2O3/c1-15-3-6-19-17(11-15)18-13-24(2)10-9-20(18)25(19)23(26)8-5-16-4-7-21-22(12-16)28-14-27-21/h3-8,11-12,18,20H,9-10,13-14H2,1-2H3/b8-5+/t18-,20-/m0/s1. The smallest absolute Gasteiger partial charge is 0.251 e. The Balaban J connectivity index is 1.44. The van der Waals surface area contributed by atoms with Crippen LogP contribution in [0.5, 0.6) is 11.5 Å². The molecule has 0 saturated carbocycles. The second kappa shape index (κ2) is 6.67. The van der Waals surface area contributed by atoms with Crippen LogP contribution in [0.1, 0.15) is 29.0 Å². The maximum atomic E-state index is 13.2. The SMILES string of the molecule is Cc1ccc2c(c1)[C@@H]1CN(C)CC[C@@H]1N2C(=O)/C=C/c1ccc2c(c1)OCO2. The number of hydrogen-bond donors (Lipinski definition) is 0. The number of amides is 1. The van der Waals surface area contributed by atoms with Crippen LogP contribution in [0, 0.1) is 6.92 Å². The van der Waals surface area contributed by atoms with Crippen LogP contribution in [-0.2, 0) is 4.79 Å². The topological polar surface area (TPSA) is 42.0 Å². The molecule has 0 radical (unpaired) electrons. The van der Waals surface area contributed by atoms with Gasteiger partial charge in [0.1, 0.15) is 0 Å². The lowest BCUT2D eigenvalue weighted by molar-refractivity contribution is -0.114. The molecule has 28 heavy (non-hydrogen) atoms. The molecular weight excluding hydrogens is 352 g/mol. The fourth-order valence-corrected chi connectivity index (χ4v) is 4.63. The Hall–Kier alpha value is -2.79. The molecule has 1 fully saturated rings. The summed E-state index contributed by atoms with van der Waals surface area (Å²) < 4.78 is 10.8. The van der Waals surface area contributed by atoms with Crippen LogP contribution in [0.25, 0.3) is 6.08 Å². The minimum atomic E-state index is 0.0415. The van der Waals surface area contributed by atoms with Gasteiger partial charge in [-0.2, -0.15) is 0 Å². The molecule has 3 aliphatic heterocycles. The summed E-state index contributed by atoms with van der Waals surface area (Å²) in [6, 6.07) is 12.4. The predicted molar refractivity (Wildman–Crippen MR) is 109 cm³/mol. The number of hydrogen-bond acceptors (Lipinski definition) is 4. The lowest BCUT2D eigenvalue weighted by Gasteiger charge is -2.36. The van der Waals surface area contributed by atoms with E-state index in [0.717, 1.165) is 42.3 Å².